The summed E-state index contributed by atoms with van der Waals surface area (Å²) in [4.78, 5) is 4.45. The van der Waals surface area contributed by atoms with Gasteiger partial charge in [0.2, 0.25) is 0 Å². The fourth-order valence-corrected chi connectivity index (χ4v) is 5.67. The molecule has 1 aromatic carbocycles. The molecule has 3 rings (SSSR count). The van der Waals surface area contributed by atoms with Gasteiger partial charge in [0.05, 0.1) is 28.9 Å². The van der Waals surface area contributed by atoms with Gasteiger partial charge in [-0.1, -0.05) is 12.1 Å². The number of methoxy groups -OCH3 is 1. The molecule has 1 fully saturated rings. The first-order chi connectivity index (χ1) is 14.3. The van der Waals surface area contributed by atoms with Crippen LogP contribution in [0.25, 0.3) is 5.70 Å². The zero-order chi connectivity index (χ0) is 23.0. The predicted molar refractivity (Wildman–Crippen MR) is 117 cm³/mol. The van der Waals surface area contributed by atoms with Crippen LogP contribution >= 0.6 is 0 Å². The molecule has 0 bridgehead atoms. The van der Waals surface area contributed by atoms with E-state index in [9.17, 15) is 21.6 Å². The number of nitrogens with zero attached hydrogens (tertiary/aromatic N) is 1. The highest BCUT2D eigenvalue weighted by atomic mass is 32.2. The van der Waals surface area contributed by atoms with E-state index in [1.165, 1.54) is 7.11 Å². The summed E-state index contributed by atoms with van der Waals surface area (Å²) < 4.78 is 70.6. The van der Waals surface area contributed by atoms with Crippen LogP contribution in [0.4, 0.5) is 13.2 Å². The molecule has 0 N–H and O–H groups in total. The third-order valence-corrected chi connectivity index (χ3v) is 9.07. The molecular weight excluding hydrogens is 427 g/mol. The number of halogens is 3. The summed E-state index contributed by atoms with van der Waals surface area (Å²) in [5.41, 5.74) is 0.306. The van der Waals surface area contributed by atoms with E-state index in [2.05, 4.69) is 4.99 Å². The lowest BCUT2D eigenvalue weighted by molar-refractivity contribution is -0.0917. The summed E-state index contributed by atoms with van der Waals surface area (Å²) in [6.45, 7) is 5.10. The van der Waals surface area contributed by atoms with Gasteiger partial charge in [-0.25, -0.2) is 8.42 Å². The Morgan fingerprint density at radius 3 is 2.29 bits per heavy atom. The van der Waals surface area contributed by atoms with E-state index in [4.69, 9.17) is 4.74 Å². The third-order valence-electron chi connectivity index (χ3n) is 6.29. The van der Waals surface area contributed by atoms with Crippen molar-refractivity contribution in [2.75, 3.05) is 12.9 Å². The van der Waals surface area contributed by atoms with Crippen molar-refractivity contribution >= 4 is 21.2 Å². The number of rotatable bonds is 5. The van der Waals surface area contributed by atoms with Crippen molar-refractivity contribution in [2.45, 2.75) is 63.8 Å². The van der Waals surface area contributed by atoms with Crippen LogP contribution in [0.2, 0.25) is 0 Å². The number of allylic oxidation sites excluding steroid dienone is 1. The molecular formula is C23H30F3NO3S. The molecule has 1 aliphatic carbocycles. The van der Waals surface area contributed by atoms with Crippen LogP contribution in [0.3, 0.4) is 0 Å². The number of aliphatic imine (C=N–C) groups is 1. The maximum Gasteiger partial charge on any atom is 0.415 e. The Morgan fingerprint density at radius 1 is 1.10 bits per heavy atom. The van der Waals surface area contributed by atoms with Crippen LogP contribution in [0.5, 0.6) is 5.75 Å². The largest absolute Gasteiger partial charge is 0.497 e. The first-order valence-electron chi connectivity index (χ1n) is 10.6. The first kappa shape index (κ1) is 23.8. The van der Waals surface area contributed by atoms with Crippen molar-refractivity contribution < 1.29 is 26.3 Å². The molecule has 0 radical (unpaired) electrons. The van der Waals surface area contributed by atoms with Crippen LogP contribution < -0.4 is 4.74 Å². The molecule has 0 saturated heterocycles. The Bertz CT molecular complexity index is 980. The molecule has 1 heterocycles. The molecule has 1 aliphatic heterocycles. The Labute approximate surface area is 182 Å². The number of hydrogen-bond acceptors (Lipinski definition) is 4. The monoisotopic (exact) mass is 457 g/mol. The molecule has 0 spiro atoms. The normalized spacial score (nSPS) is 23.1. The zero-order valence-electron chi connectivity index (χ0n) is 18.4. The molecule has 2 aliphatic rings. The van der Waals surface area contributed by atoms with Gasteiger partial charge in [0.1, 0.15) is 5.75 Å². The van der Waals surface area contributed by atoms with E-state index in [1.54, 1.807) is 45.0 Å². The van der Waals surface area contributed by atoms with E-state index in [1.807, 2.05) is 0 Å². The van der Waals surface area contributed by atoms with E-state index >= 15 is 0 Å². The minimum atomic E-state index is -4.46. The SMILES string of the molecule is COc1cccc(C2=C(C(F)(F)F)CC(C3CCC(CS(=O)(=O)C(C)(C)C)CC3)=N2)c1. The second-order valence-corrected chi connectivity index (χ2v) is 12.2. The second-order valence-electron chi connectivity index (χ2n) is 9.45. The van der Waals surface area contributed by atoms with Crippen molar-refractivity contribution in [1.29, 1.82) is 0 Å². The van der Waals surface area contributed by atoms with E-state index < -0.39 is 26.3 Å². The maximum atomic E-state index is 13.7. The lowest BCUT2D eigenvalue weighted by Crippen LogP contribution is -2.35. The van der Waals surface area contributed by atoms with Crippen LogP contribution in [0.1, 0.15) is 58.4 Å². The highest BCUT2D eigenvalue weighted by Crippen LogP contribution is 2.43. The molecule has 1 aromatic rings. The third kappa shape index (κ3) is 5.33. The lowest BCUT2D eigenvalue weighted by atomic mass is 9.79. The zero-order valence-corrected chi connectivity index (χ0v) is 19.2. The van der Waals surface area contributed by atoms with Gasteiger partial charge in [0.25, 0.3) is 0 Å². The number of sulfone groups is 1. The minimum absolute atomic E-state index is 0.0289. The van der Waals surface area contributed by atoms with Crippen LogP contribution in [-0.2, 0) is 9.84 Å². The van der Waals surface area contributed by atoms with Gasteiger partial charge in [-0.3, -0.25) is 4.99 Å². The standard InChI is InChI=1S/C23H30F3NO3S/c1-22(2,3)31(28,29)14-15-8-10-16(11-9-15)20-13-19(23(24,25)26)21(27-20)17-6-5-7-18(12-17)30-4/h5-7,12,15-16H,8-11,13-14H2,1-4H3. The summed E-state index contributed by atoms with van der Waals surface area (Å²) in [6.07, 6.45) is -1.95. The second kappa shape index (κ2) is 8.60. The van der Waals surface area contributed by atoms with Gasteiger partial charge in [-0.2, -0.15) is 13.2 Å². The predicted octanol–water partition coefficient (Wildman–Crippen LogP) is 5.83. The molecule has 0 unspecified atom stereocenters. The average Bonchev–Trinajstić information content (AvgIpc) is 3.13. The van der Waals surface area contributed by atoms with Gasteiger partial charge in [-0.15, -0.1) is 0 Å². The van der Waals surface area contributed by atoms with Gasteiger partial charge >= 0.3 is 6.18 Å². The Morgan fingerprint density at radius 2 is 1.74 bits per heavy atom. The molecule has 4 nitrogen and oxygen atoms in total. The number of benzene rings is 1. The maximum absolute atomic E-state index is 13.7. The number of hydrogen-bond donors (Lipinski definition) is 0. The smallest absolute Gasteiger partial charge is 0.415 e. The minimum Gasteiger partial charge on any atom is -0.497 e. The lowest BCUT2D eigenvalue weighted by Gasteiger charge is -2.30. The fraction of sp³-hybridized carbons (Fsp3) is 0.609. The summed E-state index contributed by atoms with van der Waals surface area (Å²) in [7, 11) is -1.74. The van der Waals surface area contributed by atoms with E-state index in [0.29, 0.717) is 42.7 Å². The van der Waals surface area contributed by atoms with Gasteiger partial charge < -0.3 is 4.74 Å². The molecule has 172 valence electrons. The van der Waals surface area contributed by atoms with Gasteiger partial charge in [0.15, 0.2) is 9.84 Å². The molecule has 0 aromatic heterocycles. The number of ether oxygens (including phenoxy) is 1. The molecule has 1 saturated carbocycles. The molecule has 0 amide bonds. The Balaban J connectivity index is 1.75. The first-order valence-corrected chi connectivity index (χ1v) is 12.2. The summed E-state index contributed by atoms with van der Waals surface area (Å²) in [6, 6.07) is 6.53. The van der Waals surface area contributed by atoms with Crippen molar-refractivity contribution in [3.05, 3.63) is 35.4 Å². The van der Waals surface area contributed by atoms with Gasteiger partial charge in [-0.05, 0) is 70.4 Å². The van der Waals surface area contributed by atoms with Crippen molar-refractivity contribution in [2.24, 2.45) is 16.8 Å². The van der Waals surface area contributed by atoms with Crippen molar-refractivity contribution in [1.82, 2.24) is 0 Å². The fourth-order valence-electron chi connectivity index (χ4n) is 4.22. The number of alkyl halides is 3. The Kier molecular flexibility index (Phi) is 6.61. The van der Waals surface area contributed by atoms with Crippen molar-refractivity contribution in [3.8, 4) is 5.75 Å². The van der Waals surface area contributed by atoms with E-state index in [-0.39, 0.29) is 29.7 Å². The topological polar surface area (TPSA) is 55.7 Å². The highest BCUT2D eigenvalue weighted by molar-refractivity contribution is 7.92. The molecule has 8 heteroatoms. The Hall–Kier alpha value is -1.83. The summed E-state index contributed by atoms with van der Waals surface area (Å²) in [5.74, 6) is 0.622. The van der Waals surface area contributed by atoms with Crippen LogP contribution in [-0.4, -0.2) is 37.9 Å². The molecule has 0 atom stereocenters. The van der Waals surface area contributed by atoms with E-state index in [0.717, 1.165) is 0 Å². The molecule has 31 heavy (non-hydrogen) atoms. The summed E-state index contributed by atoms with van der Waals surface area (Å²) >= 11 is 0. The summed E-state index contributed by atoms with van der Waals surface area (Å²) in [5, 5.41) is 0. The van der Waals surface area contributed by atoms with Gasteiger partial charge in [0, 0.05) is 17.7 Å². The quantitative estimate of drug-likeness (QED) is 0.559. The van der Waals surface area contributed by atoms with Crippen LogP contribution in [0, 0.1) is 11.8 Å². The average molecular weight is 458 g/mol. The van der Waals surface area contributed by atoms with Crippen molar-refractivity contribution in [3.63, 3.8) is 0 Å². The van der Waals surface area contributed by atoms with Crippen LogP contribution in [0.15, 0.2) is 34.8 Å². The highest BCUT2D eigenvalue weighted by Gasteiger charge is 2.42.